The van der Waals surface area contributed by atoms with Crippen LogP contribution in [0.5, 0.6) is 0 Å². The van der Waals surface area contributed by atoms with Gasteiger partial charge in [0.05, 0.1) is 27.5 Å². The zero-order valence-electron chi connectivity index (χ0n) is 12.6. The summed E-state index contributed by atoms with van der Waals surface area (Å²) < 4.78 is 38.9. The van der Waals surface area contributed by atoms with Gasteiger partial charge in [-0.1, -0.05) is 41.9 Å². The third kappa shape index (κ3) is 3.39. The lowest BCUT2D eigenvalue weighted by molar-refractivity contribution is -0.137. The van der Waals surface area contributed by atoms with E-state index in [9.17, 15) is 23.1 Å². The van der Waals surface area contributed by atoms with Crippen LogP contribution in [0, 0.1) is 0 Å². The maximum absolute atomic E-state index is 13.0. The first-order chi connectivity index (χ1) is 11.8. The van der Waals surface area contributed by atoms with E-state index < -0.39 is 17.7 Å². The number of carbonyl (C=O) groups is 1. The lowest BCUT2D eigenvalue weighted by Gasteiger charge is -2.16. The van der Waals surface area contributed by atoms with E-state index in [2.05, 4.69) is 5.32 Å². The van der Waals surface area contributed by atoms with Crippen molar-refractivity contribution < 1.29 is 23.1 Å². The first-order valence-corrected chi connectivity index (χ1v) is 7.54. The zero-order chi connectivity index (χ0) is 18.2. The minimum atomic E-state index is -4.59. The van der Waals surface area contributed by atoms with Gasteiger partial charge in [-0.2, -0.15) is 13.2 Å². The summed E-state index contributed by atoms with van der Waals surface area (Å²) in [6.45, 7) is 0. The fourth-order valence-electron chi connectivity index (χ4n) is 2.52. The van der Waals surface area contributed by atoms with Gasteiger partial charge >= 0.3 is 12.1 Å². The molecule has 3 nitrogen and oxygen atoms in total. The van der Waals surface area contributed by atoms with E-state index in [0.29, 0.717) is 11.1 Å². The molecule has 2 N–H and O–H groups in total. The fraction of sp³-hybridized carbons (Fsp3) is 0.0556. The van der Waals surface area contributed by atoms with Crippen LogP contribution in [0.1, 0.15) is 15.9 Å². The SMILES string of the molecule is O=C(O)c1ccc(C(F)(F)F)cc1Nc1c(Cl)ccc2ccccc12. The highest BCUT2D eigenvalue weighted by Gasteiger charge is 2.31. The summed E-state index contributed by atoms with van der Waals surface area (Å²) in [5, 5.41) is 13.8. The average molecular weight is 366 g/mol. The molecule has 0 saturated heterocycles. The summed E-state index contributed by atoms with van der Waals surface area (Å²) in [4.78, 5) is 11.4. The lowest BCUT2D eigenvalue weighted by Crippen LogP contribution is -2.09. The number of rotatable bonds is 3. The van der Waals surface area contributed by atoms with Gasteiger partial charge in [0.1, 0.15) is 0 Å². The summed E-state index contributed by atoms with van der Waals surface area (Å²) in [6.07, 6.45) is -4.59. The number of nitrogens with one attached hydrogen (secondary N) is 1. The number of benzene rings is 3. The zero-order valence-corrected chi connectivity index (χ0v) is 13.3. The van der Waals surface area contributed by atoms with Crippen molar-refractivity contribution in [2.75, 3.05) is 5.32 Å². The topological polar surface area (TPSA) is 49.3 Å². The Bertz CT molecular complexity index is 970. The monoisotopic (exact) mass is 365 g/mol. The number of halogens is 4. The minimum Gasteiger partial charge on any atom is -0.478 e. The molecule has 0 spiro atoms. The third-order valence-electron chi connectivity index (χ3n) is 3.72. The molecule has 3 aromatic carbocycles. The largest absolute Gasteiger partial charge is 0.478 e. The van der Waals surface area contributed by atoms with Crippen LogP contribution >= 0.6 is 11.6 Å². The van der Waals surface area contributed by atoms with Gasteiger partial charge in [0, 0.05) is 5.39 Å². The van der Waals surface area contributed by atoms with Crippen molar-refractivity contribution >= 4 is 39.7 Å². The van der Waals surface area contributed by atoms with Gasteiger partial charge in [0.15, 0.2) is 0 Å². The highest BCUT2D eigenvalue weighted by atomic mass is 35.5. The van der Waals surface area contributed by atoms with Crippen molar-refractivity contribution in [3.05, 3.63) is 70.7 Å². The number of fused-ring (bicyclic) bond motifs is 1. The lowest BCUT2D eigenvalue weighted by atomic mass is 10.1. The molecule has 0 aliphatic heterocycles. The molecule has 0 aromatic heterocycles. The van der Waals surface area contributed by atoms with Crippen molar-refractivity contribution in [1.82, 2.24) is 0 Å². The van der Waals surface area contributed by atoms with Crippen LogP contribution in [0.25, 0.3) is 10.8 Å². The van der Waals surface area contributed by atoms with Gasteiger partial charge in [-0.05, 0) is 29.7 Å². The van der Waals surface area contributed by atoms with Crippen molar-refractivity contribution in [2.45, 2.75) is 6.18 Å². The maximum atomic E-state index is 13.0. The highest BCUT2D eigenvalue weighted by Crippen LogP contribution is 2.37. The number of hydrogen-bond acceptors (Lipinski definition) is 2. The van der Waals surface area contributed by atoms with Gasteiger partial charge in [-0.25, -0.2) is 4.79 Å². The van der Waals surface area contributed by atoms with Gasteiger partial charge in [0.25, 0.3) is 0 Å². The van der Waals surface area contributed by atoms with Crippen LogP contribution in [-0.4, -0.2) is 11.1 Å². The van der Waals surface area contributed by atoms with Crippen molar-refractivity contribution in [2.24, 2.45) is 0 Å². The molecule has 0 saturated carbocycles. The van der Waals surface area contributed by atoms with Crippen molar-refractivity contribution in [3.63, 3.8) is 0 Å². The summed E-state index contributed by atoms with van der Waals surface area (Å²) in [7, 11) is 0. The number of hydrogen-bond donors (Lipinski definition) is 2. The summed E-state index contributed by atoms with van der Waals surface area (Å²) in [6, 6.07) is 12.9. The van der Waals surface area contributed by atoms with E-state index in [1.54, 1.807) is 24.3 Å². The summed E-state index contributed by atoms with van der Waals surface area (Å²) in [5.74, 6) is -1.34. The van der Waals surface area contributed by atoms with Crippen LogP contribution in [0.4, 0.5) is 24.5 Å². The second kappa shape index (κ2) is 6.29. The normalized spacial score (nSPS) is 11.5. The maximum Gasteiger partial charge on any atom is 0.416 e. The van der Waals surface area contributed by atoms with Crippen LogP contribution in [0.15, 0.2) is 54.6 Å². The molecular weight excluding hydrogens is 355 g/mol. The number of carboxylic acids is 1. The van der Waals surface area contributed by atoms with Gasteiger partial charge < -0.3 is 10.4 Å². The first kappa shape index (κ1) is 17.1. The molecule has 3 aromatic rings. The van der Waals surface area contributed by atoms with Gasteiger partial charge in [-0.15, -0.1) is 0 Å². The predicted octanol–water partition coefficient (Wildman–Crippen LogP) is 5.95. The second-order valence-electron chi connectivity index (χ2n) is 5.33. The van der Waals surface area contributed by atoms with E-state index in [4.69, 9.17) is 11.6 Å². The molecule has 3 rings (SSSR count). The number of carboxylic acid groups (broad SMARTS) is 1. The van der Waals surface area contributed by atoms with E-state index in [1.165, 1.54) is 0 Å². The molecule has 0 atom stereocenters. The molecule has 0 radical (unpaired) electrons. The Balaban J connectivity index is 2.17. The molecule has 0 aliphatic carbocycles. The average Bonchev–Trinajstić information content (AvgIpc) is 2.56. The highest BCUT2D eigenvalue weighted by molar-refractivity contribution is 6.35. The Morgan fingerprint density at radius 1 is 1.04 bits per heavy atom. The quantitative estimate of drug-likeness (QED) is 0.602. The van der Waals surface area contributed by atoms with Crippen LogP contribution < -0.4 is 5.32 Å². The smallest absolute Gasteiger partial charge is 0.416 e. The van der Waals surface area contributed by atoms with E-state index >= 15 is 0 Å². The van der Waals surface area contributed by atoms with Crippen LogP contribution in [-0.2, 0) is 6.18 Å². The predicted molar refractivity (Wildman–Crippen MR) is 90.6 cm³/mol. The molecule has 0 amide bonds. The van der Waals surface area contributed by atoms with Crippen LogP contribution in [0.2, 0.25) is 5.02 Å². The molecule has 0 unspecified atom stereocenters. The van der Waals surface area contributed by atoms with Gasteiger partial charge in [0.2, 0.25) is 0 Å². The summed E-state index contributed by atoms with van der Waals surface area (Å²) >= 11 is 6.18. The number of aromatic carboxylic acids is 1. The Hall–Kier alpha value is -2.73. The summed E-state index contributed by atoms with van der Waals surface area (Å²) in [5.41, 5.74) is -1.06. The fourth-order valence-corrected chi connectivity index (χ4v) is 2.73. The van der Waals surface area contributed by atoms with Crippen molar-refractivity contribution in [3.8, 4) is 0 Å². The Morgan fingerprint density at radius 3 is 2.44 bits per heavy atom. The molecule has 25 heavy (non-hydrogen) atoms. The molecule has 7 heteroatoms. The third-order valence-corrected chi connectivity index (χ3v) is 4.03. The van der Waals surface area contributed by atoms with Crippen LogP contribution in [0.3, 0.4) is 0 Å². The minimum absolute atomic E-state index is 0.180. The Labute approximate surface area is 145 Å². The molecule has 0 aliphatic rings. The second-order valence-corrected chi connectivity index (χ2v) is 5.74. The van der Waals surface area contributed by atoms with Crippen molar-refractivity contribution in [1.29, 1.82) is 0 Å². The Morgan fingerprint density at radius 2 is 1.76 bits per heavy atom. The Kier molecular flexibility index (Phi) is 4.30. The van der Waals surface area contributed by atoms with E-state index in [1.807, 2.05) is 12.1 Å². The van der Waals surface area contributed by atoms with Gasteiger partial charge in [-0.3, -0.25) is 0 Å². The molecule has 0 fully saturated rings. The molecule has 128 valence electrons. The number of alkyl halides is 3. The number of anilines is 2. The van der Waals surface area contributed by atoms with E-state index in [0.717, 1.165) is 23.6 Å². The van der Waals surface area contributed by atoms with E-state index in [-0.39, 0.29) is 16.3 Å². The molecule has 0 heterocycles. The first-order valence-electron chi connectivity index (χ1n) is 7.16. The molecular formula is C18H11ClF3NO2. The standard InChI is InChI=1S/C18H11ClF3NO2/c19-14-8-5-10-3-1-2-4-12(10)16(14)23-15-9-11(18(20,21)22)6-7-13(15)17(24)25/h1-9,23H,(H,24,25). The molecule has 0 bridgehead atoms.